The second-order valence-electron chi connectivity index (χ2n) is 4.60. The fourth-order valence-corrected chi connectivity index (χ4v) is 3.17. The third-order valence-electron chi connectivity index (χ3n) is 3.10. The van der Waals surface area contributed by atoms with Gasteiger partial charge in [0.1, 0.15) is 5.84 Å². The molecule has 1 atom stereocenters. The van der Waals surface area contributed by atoms with Crippen LogP contribution in [0.25, 0.3) is 10.9 Å². The maximum Gasteiger partial charge on any atom is 0.241 e. The van der Waals surface area contributed by atoms with Gasteiger partial charge >= 0.3 is 0 Å². The summed E-state index contributed by atoms with van der Waals surface area (Å²) in [6.45, 7) is 1.69. The average molecular weight is 308 g/mol. The predicted octanol–water partition coefficient (Wildman–Crippen LogP) is 0.896. The summed E-state index contributed by atoms with van der Waals surface area (Å²) in [5, 5.41) is 12.0. The molecule has 8 heteroatoms. The van der Waals surface area contributed by atoms with Crippen molar-refractivity contribution in [1.29, 1.82) is 0 Å². The molecule has 0 spiro atoms. The van der Waals surface area contributed by atoms with E-state index >= 15 is 0 Å². The Bertz CT molecular complexity index is 769. The number of fused-ring (bicyclic) bond motifs is 1. The van der Waals surface area contributed by atoms with Crippen molar-refractivity contribution in [2.75, 3.05) is 6.54 Å². The zero-order valence-electron chi connectivity index (χ0n) is 11.4. The number of nitrogens with two attached hydrogens (primary N) is 1. The molecule has 1 aromatic carbocycles. The van der Waals surface area contributed by atoms with Crippen LogP contribution in [0.5, 0.6) is 0 Å². The van der Waals surface area contributed by atoms with Gasteiger partial charge in [-0.15, -0.1) is 0 Å². The van der Waals surface area contributed by atoms with Crippen LogP contribution in [-0.4, -0.2) is 31.0 Å². The number of amidine groups is 1. The second-order valence-corrected chi connectivity index (χ2v) is 6.34. The van der Waals surface area contributed by atoms with Crippen LogP contribution in [-0.2, 0) is 10.0 Å². The standard InChI is InChI=1S/C13H16N4O3S/c1-9(13(14)17-18)8-16-21(19,20)12-6-2-5-11-10(12)4-3-7-15-11/h2-7,9,16,18H,8H2,1H3,(H2,14,17). The minimum Gasteiger partial charge on any atom is -0.409 e. The van der Waals surface area contributed by atoms with Gasteiger partial charge in [0.25, 0.3) is 0 Å². The molecule has 0 amide bonds. The molecule has 2 aromatic rings. The van der Waals surface area contributed by atoms with Crippen LogP contribution in [0.2, 0.25) is 0 Å². The minimum atomic E-state index is -3.71. The van der Waals surface area contributed by atoms with Crippen LogP contribution in [0, 0.1) is 5.92 Å². The fraction of sp³-hybridized carbons (Fsp3) is 0.231. The first-order chi connectivity index (χ1) is 9.95. The van der Waals surface area contributed by atoms with E-state index in [1.54, 1.807) is 37.4 Å². The predicted molar refractivity (Wildman–Crippen MR) is 79.5 cm³/mol. The lowest BCUT2D eigenvalue weighted by Gasteiger charge is -2.12. The molecule has 7 nitrogen and oxygen atoms in total. The second kappa shape index (κ2) is 6.06. The first-order valence-corrected chi connectivity index (χ1v) is 7.75. The van der Waals surface area contributed by atoms with Crippen molar-refractivity contribution in [2.45, 2.75) is 11.8 Å². The number of nitrogens with zero attached hydrogens (tertiary/aromatic N) is 2. The normalized spacial score (nSPS) is 14.2. The molecule has 0 radical (unpaired) electrons. The van der Waals surface area contributed by atoms with Gasteiger partial charge < -0.3 is 10.9 Å². The van der Waals surface area contributed by atoms with E-state index < -0.39 is 15.9 Å². The number of nitrogens with one attached hydrogen (secondary N) is 1. The van der Waals surface area contributed by atoms with Crippen LogP contribution in [0.15, 0.2) is 46.6 Å². The van der Waals surface area contributed by atoms with Gasteiger partial charge in [-0.3, -0.25) is 4.98 Å². The van der Waals surface area contributed by atoms with Crippen molar-refractivity contribution < 1.29 is 13.6 Å². The number of benzene rings is 1. The summed E-state index contributed by atoms with van der Waals surface area (Å²) < 4.78 is 27.2. The van der Waals surface area contributed by atoms with Gasteiger partial charge in [-0.2, -0.15) is 0 Å². The Kier molecular flexibility index (Phi) is 4.39. The molecule has 0 bridgehead atoms. The van der Waals surface area contributed by atoms with Crippen LogP contribution in [0.3, 0.4) is 0 Å². The molecule has 0 aliphatic heterocycles. The number of hydrogen-bond donors (Lipinski definition) is 3. The van der Waals surface area contributed by atoms with Gasteiger partial charge in [0.05, 0.1) is 10.4 Å². The summed E-state index contributed by atoms with van der Waals surface area (Å²) in [5.74, 6) is -0.449. The molecular formula is C13H16N4O3S. The summed E-state index contributed by atoms with van der Waals surface area (Å²) in [6, 6.07) is 8.27. The van der Waals surface area contributed by atoms with E-state index in [0.29, 0.717) is 10.9 Å². The summed E-state index contributed by atoms with van der Waals surface area (Å²) in [6.07, 6.45) is 1.60. The molecule has 0 aliphatic rings. The molecule has 1 heterocycles. The number of rotatable bonds is 5. The molecule has 21 heavy (non-hydrogen) atoms. The third-order valence-corrected chi connectivity index (χ3v) is 4.58. The number of aromatic nitrogens is 1. The molecular weight excluding hydrogens is 292 g/mol. The lowest BCUT2D eigenvalue weighted by Crippen LogP contribution is -2.34. The Hall–Kier alpha value is -2.19. The highest BCUT2D eigenvalue weighted by Crippen LogP contribution is 2.20. The third kappa shape index (κ3) is 3.29. The Morgan fingerprint density at radius 3 is 2.90 bits per heavy atom. The van der Waals surface area contributed by atoms with Crippen LogP contribution < -0.4 is 10.5 Å². The van der Waals surface area contributed by atoms with Gasteiger partial charge in [0, 0.05) is 24.0 Å². The molecule has 1 aromatic heterocycles. The smallest absolute Gasteiger partial charge is 0.241 e. The Morgan fingerprint density at radius 2 is 2.19 bits per heavy atom. The van der Waals surface area contributed by atoms with Gasteiger partial charge in [0.15, 0.2) is 0 Å². The van der Waals surface area contributed by atoms with Gasteiger partial charge in [-0.05, 0) is 24.3 Å². The van der Waals surface area contributed by atoms with E-state index in [1.165, 1.54) is 6.07 Å². The number of oxime groups is 1. The Labute approximate surface area is 122 Å². The van der Waals surface area contributed by atoms with Gasteiger partial charge in [0.2, 0.25) is 10.0 Å². The molecule has 0 saturated carbocycles. The summed E-state index contributed by atoms with van der Waals surface area (Å²) in [4.78, 5) is 4.28. The van der Waals surface area contributed by atoms with Crippen LogP contribution in [0.1, 0.15) is 6.92 Å². The highest BCUT2D eigenvalue weighted by molar-refractivity contribution is 7.89. The van der Waals surface area contributed by atoms with Crippen molar-refractivity contribution >= 4 is 26.8 Å². The van der Waals surface area contributed by atoms with Crippen molar-refractivity contribution in [3.05, 3.63) is 36.5 Å². The number of pyridine rings is 1. The topological polar surface area (TPSA) is 118 Å². The monoisotopic (exact) mass is 308 g/mol. The van der Waals surface area contributed by atoms with Crippen molar-refractivity contribution in [3.63, 3.8) is 0 Å². The van der Waals surface area contributed by atoms with E-state index in [-0.39, 0.29) is 17.3 Å². The molecule has 0 saturated heterocycles. The molecule has 0 aliphatic carbocycles. The fourth-order valence-electron chi connectivity index (χ4n) is 1.83. The maximum atomic E-state index is 12.4. The van der Waals surface area contributed by atoms with Crippen LogP contribution >= 0.6 is 0 Å². The Balaban J connectivity index is 2.30. The summed E-state index contributed by atoms with van der Waals surface area (Å²) in [5.41, 5.74) is 6.03. The molecule has 1 unspecified atom stereocenters. The lowest BCUT2D eigenvalue weighted by atomic mass is 10.2. The molecule has 0 fully saturated rings. The van der Waals surface area contributed by atoms with Crippen LogP contribution in [0.4, 0.5) is 0 Å². The van der Waals surface area contributed by atoms with Crippen molar-refractivity contribution in [3.8, 4) is 0 Å². The first kappa shape index (κ1) is 15.2. The molecule has 112 valence electrons. The highest BCUT2D eigenvalue weighted by Gasteiger charge is 2.19. The molecule has 2 rings (SSSR count). The molecule has 4 N–H and O–H groups in total. The van der Waals surface area contributed by atoms with Crippen molar-refractivity contribution in [1.82, 2.24) is 9.71 Å². The minimum absolute atomic E-state index is 0.0303. The Morgan fingerprint density at radius 1 is 1.43 bits per heavy atom. The maximum absolute atomic E-state index is 12.4. The number of sulfonamides is 1. The SMILES string of the molecule is CC(CNS(=O)(=O)c1cccc2ncccc12)/C(N)=N/O. The van der Waals surface area contributed by atoms with E-state index in [9.17, 15) is 8.42 Å². The summed E-state index contributed by atoms with van der Waals surface area (Å²) in [7, 11) is -3.71. The zero-order valence-corrected chi connectivity index (χ0v) is 12.2. The largest absolute Gasteiger partial charge is 0.409 e. The van der Waals surface area contributed by atoms with E-state index in [1.807, 2.05) is 0 Å². The van der Waals surface area contributed by atoms with E-state index in [4.69, 9.17) is 10.9 Å². The lowest BCUT2D eigenvalue weighted by molar-refractivity contribution is 0.314. The summed E-state index contributed by atoms with van der Waals surface area (Å²) >= 11 is 0. The highest BCUT2D eigenvalue weighted by atomic mass is 32.2. The zero-order chi connectivity index (χ0) is 15.5. The average Bonchev–Trinajstić information content (AvgIpc) is 2.51. The van der Waals surface area contributed by atoms with E-state index in [2.05, 4.69) is 14.9 Å². The van der Waals surface area contributed by atoms with Crippen molar-refractivity contribution in [2.24, 2.45) is 16.8 Å². The quantitative estimate of drug-likeness (QED) is 0.328. The van der Waals surface area contributed by atoms with Gasteiger partial charge in [-0.25, -0.2) is 13.1 Å². The van der Waals surface area contributed by atoms with E-state index in [0.717, 1.165) is 0 Å². The first-order valence-electron chi connectivity index (χ1n) is 6.26. The number of hydrogen-bond acceptors (Lipinski definition) is 5. The van der Waals surface area contributed by atoms with Gasteiger partial charge in [-0.1, -0.05) is 18.1 Å².